The lowest BCUT2D eigenvalue weighted by Crippen LogP contribution is -2.49. The second kappa shape index (κ2) is 8.82. The molecule has 1 aliphatic carbocycles. The van der Waals surface area contributed by atoms with Gasteiger partial charge < -0.3 is 20.2 Å². The standard InChI is InChI=1S/C21H26N4O3S/c26-18-8-4-3-7-17(18)24-9-11-25(12-10-24)19(27)13-16-14-29-21(22-16)23-20(28)15-5-1-2-6-15/h3-4,7-8,14-15,26H,1-2,5-6,9-13H2,(H,22,23,28). The smallest absolute Gasteiger partial charge is 0.229 e. The molecule has 1 aliphatic heterocycles. The number of phenolic OH excluding ortho intramolecular Hbond substituents is 1. The van der Waals surface area contributed by atoms with Crippen molar-refractivity contribution < 1.29 is 14.7 Å². The van der Waals surface area contributed by atoms with Crippen LogP contribution in [0.3, 0.4) is 0 Å². The van der Waals surface area contributed by atoms with Crippen molar-refractivity contribution in [2.24, 2.45) is 5.92 Å². The first-order chi connectivity index (χ1) is 14.1. The molecule has 29 heavy (non-hydrogen) atoms. The molecule has 1 saturated heterocycles. The van der Waals surface area contributed by atoms with Crippen molar-refractivity contribution in [3.05, 3.63) is 35.3 Å². The summed E-state index contributed by atoms with van der Waals surface area (Å²) in [5, 5.41) is 15.3. The second-order valence-corrected chi connectivity index (χ2v) is 8.51. The molecule has 0 atom stereocenters. The molecular formula is C21H26N4O3S. The number of phenols is 1. The molecule has 8 heteroatoms. The van der Waals surface area contributed by atoms with Gasteiger partial charge in [0.1, 0.15) is 5.75 Å². The second-order valence-electron chi connectivity index (χ2n) is 7.65. The normalized spacial score (nSPS) is 17.5. The van der Waals surface area contributed by atoms with E-state index in [1.165, 1.54) is 11.3 Å². The van der Waals surface area contributed by atoms with E-state index in [1.54, 1.807) is 12.1 Å². The first-order valence-electron chi connectivity index (χ1n) is 10.2. The largest absolute Gasteiger partial charge is 0.506 e. The Morgan fingerprint density at radius 3 is 2.59 bits per heavy atom. The molecule has 2 fully saturated rings. The minimum absolute atomic E-state index is 0.0425. The van der Waals surface area contributed by atoms with Crippen molar-refractivity contribution >= 4 is 34.0 Å². The summed E-state index contributed by atoms with van der Waals surface area (Å²) >= 11 is 1.37. The van der Waals surface area contributed by atoms with Crippen LogP contribution in [-0.2, 0) is 16.0 Å². The lowest BCUT2D eigenvalue weighted by Gasteiger charge is -2.36. The summed E-state index contributed by atoms with van der Waals surface area (Å²) in [6, 6.07) is 7.27. The molecule has 0 unspecified atom stereocenters. The molecule has 154 valence electrons. The molecule has 0 spiro atoms. The van der Waals surface area contributed by atoms with Crippen molar-refractivity contribution in [3.8, 4) is 5.75 Å². The molecule has 2 N–H and O–H groups in total. The summed E-state index contributed by atoms with van der Waals surface area (Å²) in [7, 11) is 0. The van der Waals surface area contributed by atoms with Gasteiger partial charge in [-0.2, -0.15) is 0 Å². The number of aromatic nitrogens is 1. The molecule has 2 amide bonds. The average Bonchev–Trinajstić information content (AvgIpc) is 3.41. The summed E-state index contributed by atoms with van der Waals surface area (Å²) in [5.74, 6) is 0.460. The third kappa shape index (κ3) is 4.70. The van der Waals surface area contributed by atoms with Crippen molar-refractivity contribution in [2.45, 2.75) is 32.1 Å². The average molecular weight is 415 g/mol. The number of piperazine rings is 1. The van der Waals surface area contributed by atoms with E-state index in [2.05, 4.69) is 15.2 Å². The van der Waals surface area contributed by atoms with Gasteiger partial charge in [0.25, 0.3) is 0 Å². The van der Waals surface area contributed by atoms with Gasteiger partial charge in [0.05, 0.1) is 17.8 Å². The van der Waals surface area contributed by atoms with Gasteiger partial charge in [0, 0.05) is 37.5 Å². The molecule has 4 rings (SSSR count). The maximum absolute atomic E-state index is 12.7. The number of hydrogen-bond donors (Lipinski definition) is 2. The third-order valence-corrected chi connectivity index (χ3v) is 6.50. The van der Waals surface area contributed by atoms with Crippen molar-refractivity contribution in [1.29, 1.82) is 0 Å². The highest BCUT2D eigenvalue weighted by Crippen LogP contribution is 2.28. The van der Waals surface area contributed by atoms with Crippen LogP contribution in [0.5, 0.6) is 5.75 Å². The quantitative estimate of drug-likeness (QED) is 0.786. The Labute approximate surface area is 174 Å². The molecule has 2 aromatic rings. The summed E-state index contributed by atoms with van der Waals surface area (Å²) < 4.78 is 0. The van der Waals surface area contributed by atoms with Crippen LogP contribution in [0.25, 0.3) is 0 Å². The van der Waals surface area contributed by atoms with Crippen molar-refractivity contribution in [2.75, 3.05) is 36.4 Å². The number of para-hydroxylation sites is 2. The summed E-state index contributed by atoms with van der Waals surface area (Å²) in [6.45, 7) is 2.59. The number of carbonyl (C=O) groups is 2. The van der Waals surface area contributed by atoms with Crippen LogP contribution in [0.1, 0.15) is 31.4 Å². The van der Waals surface area contributed by atoms with Gasteiger partial charge in [-0.1, -0.05) is 25.0 Å². The highest BCUT2D eigenvalue weighted by atomic mass is 32.1. The highest BCUT2D eigenvalue weighted by molar-refractivity contribution is 7.13. The first kappa shape index (κ1) is 19.7. The number of rotatable bonds is 5. The van der Waals surface area contributed by atoms with Gasteiger partial charge in [-0.15, -0.1) is 11.3 Å². The van der Waals surface area contributed by atoms with E-state index in [0.717, 1.165) is 31.4 Å². The molecule has 0 bridgehead atoms. The number of nitrogens with zero attached hydrogens (tertiary/aromatic N) is 3. The van der Waals surface area contributed by atoms with Gasteiger partial charge in [0.2, 0.25) is 11.8 Å². The lowest BCUT2D eigenvalue weighted by molar-refractivity contribution is -0.130. The van der Waals surface area contributed by atoms with E-state index in [1.807, 2.05) is 22.4 Å². The Balaban J connectivity index is 1.27. The van der Waals surface area contributed by atoms with E-state index in [0.29, 0.717) is 37.0 Å². The molecule has 7 nitrogen and oxygen atoms in total. The van der Waals surface area contributed by atoms with Crippen LogP contribution in [0.15, 0.2) is 29.6 Å². The highest BCUT2D eigenvalue weighted by Gasteiger charge is 2.25. The molecule has 1 aromatic heterocycles. The minimum Gasteiger partial charge on any atom is -0.506 e. The molecule has 2 heterocycles. The SMILES string of the molecule is O=C(Nc1nc(CC(=O)N2CCN(c3ccccc3O)CC2)cs1)C1CCCC1. The van der Waals surface area contributed by atoms with Crippen LogP contribution >= 0.6 is 11.3 Å². The predicted octanol–water partition coefficient (Wildman–Crippen LogP) is 2.87. The van der Waals surface area contributed by atoms with Crippen LogP contribution in [0.2, 0.25) is 0 Å². The minimum atomic E-state index is 0.0425. The van der Waals surface area contributed by atoms with Gasteiger partial charge in [-0.05, 0) is 25.0 Å². The first-order valence-corrected chi connectivity index (χ1v) is 11.0. The molecule has 1 aromatic carbocycles. The predicted molar refractivity (Wildman–Crippen MR) is 113 cm³/mol. The van der Waals surface area contributed by atoms with E-state index >= 15 is 0 Å². The van der Waals surface area contributed by atoms with Gasteiger partial charge in [-0.3, -0.25) is 9.59 Å². The summed E-state index contributed by atoms with van der Waals surface area (Å²) in [6.07, 6.45) is 4.39. The molecule has 2 aliphatic rings. The van der Waals surface area contributed by atoms with E-state index in [4.69, 9.17) is 0 Å². The van der Waals surface area contributed by atoms with Crippen LogP contribution < -0.4 is 10.2 Å². The topological polar surface area (TPSA) is 85.8 Å². The van der Waals surface area contributed by atoms with E-state index in [9.17, 15) is 14.7 Å². The van der Waals surface area contributed by atoms with Gasteiger partial charge in [0.15, 0.2) is 5.13 Å². The number of carbonyl (C=O) groups excluding carboxylic acids is 2. The zero-order chi connectivity index (χ0) is 20.2. The Morgan fingerprint density at radius 2 is 1.86 bits per heavy atom. The fraction of sp³-hybridized carbons (Fsp3) is 0.476. The van der Waals surface area contributed by atoms with Crippen LogP contribution in [0, 0.1) is 5.92 Å². The third-order valence-electron chi connectivity index (χ3n) is 5.69. The summed E-state index contributed by atoms with van der Waals surface area (Å²) in [4.78, 5) is 33.2. The molecule has 0 radical (unpaired) electrons. The number of thiazole rings is 1. The Kier molecular flexibility index (Phi) is 5.99. The van der Waals surface area contributed by atoms with E-state index < -0.39 is 0 Å². The lowest BCUT2D eigenvalue weighted by atomic mass is 10.1. The number of aromatic hydroxyl groups is 1. The van der Waals surface area contributed by atoms with Crippen LogP contribution in [-0.4, -0.2) is 53.0 Å². The zero-order valence-electron chi connectivity index (χ0n) is 16.3. The maximum atomic E-state index is 12.7. The summed E-state index contributed by atoms with van der Waals surface area (Å²) in [5.41, 5.74) is 1.51. The molecule has 1 saturated carbocycles. The van der Waals surface area contributed by atoms with Crippen molar-refractivity contribution in [1.82, 2.24) is 9.88 Å². The number of anilines is 2. The molecular weight excluding hydrogens is 388 g/mol. The maximum Gasteiger partial charge on any atom is 0.229 e. The number of amides is 2. The van der Waals surface area contributed by atoms with E-state index in [-0.39, 0.29) is 29.9 Å². The van der Waals surface area contributed by atoms with Gasteiger partial charge in [-0.25, -0.2) is 4.98 Å². The number of benzene rings is 1. The number of hydrogen-bond acceptors (Lipinski definition) is 6. The number of nitrogens with one attached hydrogen (secondary N) is 1. The fourth-order valence-electron chi connectivity index (χ4n) is 4.04. The fourth-order valence-corrected chi connectivity index (χ4v) is 4.75. The Bertz CT molecular complexity index is 870. The van der Waals surface area contributed by atoms with Crippen LogP contribution in [0.4, 0.5) is 10.8 Å². The monoisotopic (exact) mass is 414 g/mol. The zero-order valence-corrected chi connectivity index (χ0v) is 17.2. The van der Waals surface area contributed by atoms with Crippen molar-refractivity contribution in [3.63, 3.8) is 0 Å². The Hall–Kier alpha value is -2.61. The Morgan fingerprint density at radius 1 is 1.14 bits per heavy atom. The van der Waals surface area contributed by atoms with Gasteiger partial charge >= 0.3 is 0 Å².